The van der Waals surface area contributed by atoms with Gasteiger partial charge in [-0.25, -0.2) is 0 Å². The van der Waals surface area contributed by atoms with Gasteiger partial charge >= 0.3 is 0 Å². The molecule has 2 N–H and O–H groups in total. The minimum atomic E-state index is 0.331. The Labute approximate surface area is 87.8 Å². The molecule has 1 aromatic carbocycles. The van der Waals surface area contributed by atoms with Gasteiger partial charge in [-0.1, -0.05) is 29.3 Å². The highest BCUT2D eigenvalue weighted by Crippen LogP contribution is 2.42. The molecule has 1 aromatic rings. The molecule has 70 valence electrons. The summed E-state index contributed by atoms with van der Waals surface area (Å²) in [6.45, 7) is 0. The highest BCUT2D eigenvalue weighted by Gasteiger charge is 2.30. The third-order valence-corrected chi connectivity index (χ3v) is 3.24. The van der Waals surface area contributed by atoms with Crippen LogP contribution in [0.4, 0.5) is 0 Å². The van der Waals surface area contributed by atoms with Crippen LogP contribution < -0.4 is 5.73 Å². The molecular formula is C10H11Cl2N. The Balaban J connectivity index is 2.29. The normalized spacial score (nSPS) is 27.0. The fraction of sp³-hybridized carbons (Fsp3) is 0.400. The average Bonchev–Trinajstić information content (AvgIpc) is 2.00. The van der Waals surface area contributed by atoms with Gasteiger partial charge in [0, 0.05) is 16.1 Å². The summed E-state index contributed by atoms with van der Waals surface area (Å²) in [6.07, 6.45) is 2.01. The van der Waals surface area contributed by atoms with Gasteiger partial charge in [-0.3, -0.25) is 0 Å². The monoisotopic (exact) mass is 215 g/mol. The molecule has 0 saturated heterocycles. The van der Waals surface area contributed by atoms with Crippen molar-refractivity contribution in [1.29, 1.82) is 0 Å². The topological polar surface area (TPSA) is 26.0 Å². The van der Waals surface area contributed by atoms with Crippen LogP contribution in [0.1, 0.15) is 24.3 Å². The average molecular weight is 216 g/mol. The second kappa shape index (κ2) is 3.49. The Morgan fingerprint density at radius 3 is 2.15 bits per heavy atom. The van der Waals surface area contributed by atoms with Gasteiger partial charge in [0.25, 0.3) is 0 Å². The fourth-order valence-corrected chi connectivity index (χ4v) is 2.50. The summed E-state index contributed by atoms with van der Waals surface area (Å²) >= 11 is 12.1. The maximum atomic E-state index is 6.06. The lowest BCUT2D eigenvalue weighted by atomic mass is 9.76. The van der Waals surface area contributed by atoms with Gasteiger partial charge in [0.15, 0.2) is 0 Å². The van der Waals surface area contributed by atoms with Crippen molar-refractivity contribution in [2.75, 3.05) is 0 Å². The standard InChI is InChI=1S/C10H11Cl2N/c11-8-2-1-3-9(12)10(8)6-4-7(13)5-6/h1-3,6-7H,4-5,13H2. The third-order valence-electron chi connectivity index (χ3n) is 2.58. The lowest BCUT2D eigenvalue weighted by molar-refractivity contribution is 0.352. The van der Waals surface area contributed by atoms with Crippen molar-refractivity contribution in [1.82, 2.24) is 0 Å². The molecule has 13 heavy (non-hydrogen) atoms. The van der Waals surface area contributed by atoms with Crippen molar-refractivity contribution in [3.8, 4) is 0 Å². The first-order chi connectivity index (χ1) is 6.18. The maximum Gasteiger partial charge on any atom is 0.0455 e. The summed E-state index contributed by atoms with van der Waals surface area (Å²) in [5.41, 5.74) is 6.80. The molecule has 2 rings (SSSR count). The number of rotatable bonds is 1. The molecule has 1 nitrogen and oxygen atoms in total. The van der Waals surface area contributed by atoms with Gasteiger partial charge in [-0.05, 0) is 36.5 Å². The van der Waals surface area contributed by atoms with Crippen molar-refractivity contribution in [3.63, 3.8) is 0 Å². The zero-order valence-corrected chi connectivity index (χ0v) is 8.65. The van der Waals surface area contributed by atoms with Crippen LogP contribution in [0.2, 0.25) is 10.0 Å². The van der Waals surface area contributed by atoms with Gasteiger partial charge in [0.1, 0.15) is 0 Å². The predicted molar refractivity (Wildman–Crippen MR) is 56.4 cm³/mol. The van der Waals surface area contributed by atoms with Gasteiger partial charge < -0.3 is 5.73 Å². The van der Waals surface area contributed by atoms with Crippen molar-refractivity contribution in [2.24, 2.45) is 5.73 Å². The van der Waals surface area contributed by atoms with E-state index in [0.29, 0.717) is 12.0 Å². The zero-order chi connectivity index (χ0) is 9.42. The summed E-state index contributed by atoms with van der Waals surface area (Å²) in [4.78, 5) is 0. The summed E-state index contributed by atoms with van der Waals surface area (Å²) in [5.74, 6) is 0.469. The Hall–Kier alpha value is -0.240. The van der Waals surface area contributed by atoms with Gasteiger partial charge in [-0.2, -0.15) is 0 Å². The Morgan fingerprint density at radius 2 is 1.69 bits per heavy atom. The van der Waals surface area contributed by atoms with E-state index >= 15 is 0 Å². The lowest BCUT2D eigenvalue weighted by Gasteiger charge is -2.33. The van der Waals surface area contributed by atoms with E-state index in [1.807, 2.05) is 18.2 Å². The largest absolute Gasteiger partial charge is 0.328 e. The van der Waals surface area contributed by atoms with Crippen molar-refractivity contribution in [2.45, 2.75) is 24.8 Å². The van der Waals surface area contributed by atoms with Crippen LogP contribution in [-0.2, 0) is 0 Å². The number of halogens is 2. The Kier molecular flexibility index (Phi) is 2.50. The quantitative estimate of drug-likeness (QED) is 0.766. The molecule has 0 unspecified atom stereocenters. The molecular weight excluding hydrogens is 205 g/mol. The number of hydrogen-bond donors (Lipinski definition) is 1. The fourth-order valence-electron chi connectivity index (χ4n) is 1.80. The Morgan fingerprint density at radius 1 is 1.15 bits per heavy atom. The zero-order valence-electron chi connectivity index (χ0n) is 7.13. The molecule has 0 bridgehead atoms. The minimum Gasteiger partial charge on any atom is -0.328 e. The molecule has 0 amide bonds. The first-order valence-electron chi connectivity index (χ1n) is 4.38. The molecule has 0 aromatic heterocycles. The van der Waals surface area contributed by atoms with Gasteiger partial charge in [0.2, 0.25) is 0 Å². The molecule has 1 saturated carbocycles. The Bertz CT molecular complexity index is 298. The third kappa shape index (κ3) is 1.69. The minimum absolute atomic E-state index is 0.331. The highest BCUT2D eigenvalue weighted by atomic mass is 35.5. The van der Waals surface area contributed by atoms with Gasteiger partial charge in [-0.15, -0.1) is 0 Å². The predicted octanol–water partition coefficient (Wildman–Crippen LogP) is 3.20. The molecule has 3 heteroatoms. The van der Waals surface area contributed by atoms with E-state index in [-0.39, 0.29) is 0 Å². The number of benzene rings is 1. The molecule has 0 spiro atoms. The van der Waals surface area contributed by atoms with Crippen LogP contribution in [-0.4, -0.2) is 6.04 Å². The summed E-state index contributed by atoms with van der Waals surface area (Å²) in [5, 5.41) is 1.54. The van der Waals surface area contributed by atoms with Crippen LogP contribution in [0, 0.1) is 0 Å². The summed E-state index contributed by atoms with van der Waals surface area (Å²) < 4.78 is 0. The summed E-state index contributed by atoms with van der Waals surface area (Å²) in [6, 6.07) is 5.96. The van der Waals surface area contributed by atoms with E-state index in [1.54, 1.807) is 0 Å². The van der Waals surface area contributed by atoms with E-state index in [0.717, 1.165) is 28.5 Å². The number of hydrogen-bond acceptors (Lipinski definition) is 1. The van der Waals surface area contributed by atoms with E-state index in [1.165, 1.54) is 0 Å². The van der Waals surface area contributed by atoms with E-state index < -0.39 is 0 Å². The lowest BCUT2D eigenvalue weighted by Crippen LogP contribution is -2.34. The van der Waals surface area contributed by atoms with Crippen molar-refractivity contribution >= 4 is 23.2 Å². The molecule has 0 radical (unpaired) electrons. The molecule has 0 heterocycles. The highest BCUT2D eigenvalue weighted by molar-refractivity contribution is 6.36. The SMILES string of the molecule is NC1CC(c2c(Cl)cccc2Cl)C1. The molecule has 0 atom stereocenters. The van der Waals surface area contributed by atoms with Crippen LogP contribution in [0.3, 0.4) is 0 Å². The van der Waals surface area contributed by atoms with Crippen LogP contribution in [0.5, 0.6) is 0 Å². The second-order valence-electron chi connectivity index (χ2n) is 3.56. The van der Waals surface area contributed by atoms with Crippen LogP contribution in [0.15, 0.2) is 18.2 Å². The van der Waals surface area contributed by atoms with Crippen molar-refractivity contribution < 1.29 is 0 Å². The summed E-state index contributed by atoms with van der Waals surface area (Å²) in [7, 11) is 0. The van der Waals surface area contributed by atoms with Crippen LogP contribution >= 0.6 is 23.2 Å². The van der Waals surface area contributed by atoms with E-state index in [9.17, 15) is 0 Å². The molecule has 0 aliphatic heterocycles. The van der Waals surface area contributed by atoms with Crippen molar-refractivity contribution in [3.05, 3.63) is 33.8 Å². The van der Waals surface area contributed by atoms with Gasteiger partial charge in [0.05, 0.1) is 0 Å². The maximum absolute atomic E-state index is 6.06. The molecule has 1 aliphatic rings. The molecule has 1 aliphatic carbocycles. The van der Waals surface area contributed by atoms with E-state index in [4.69, 9.17) is 28.9 Å². The number of nitrogens with two attached hydrogens (primary N) is 1. The smallest absolute Gasteiger partial charge is 0.0455 e. The van der Waals surface area contributed by atoms with E-state index in [2.05, 4.69) is 0 Å². The first-order valence-corrected chi connectivity index (χ1v) is 5.13. The first kappa shape index (κ1) is 9.32. The van der Waals surface area contributed by atoms with Crippen LogP contribution in [0.25, 0.3) is 0 Å². The second-order valence-corrected chi connectivity index (χ2v) is 4.38. The molecule has 1 fully saturated rings.